The summed E-state index contributed by atoms with van der Waals surface area (Å²) >= 11 is 0. The van der Waals surface area contributed by atoms with Crippen molar-refractivity contribution in [1.29, 1.82) is 0 Å². The normalized spacial score (nSPS) is 13.0. The summed E-state index contributed by atoms with van der Waals surface area (Å²) in [7, 11) is -3.86. The van der Waals surface area contributed by atoms with Crippen LogP contribution in [0.15, 0.2) is 0 Å². The minimum Gasteiger partial charge on any atom is -1.00 e. The summed E-state index contributed by atoms with van der Waals surface area (Å²) in [6.07, 6.45) is 33.5. The van der Waals surface area contributed by atoms with E-state index in [1.807, 2.05) is 0 Å². The first-order valence-electron chi connectivity index (χ1n) is 15.7. The second-order valence-corrected chi connectivity index (χ2v) is 12.1. The van der Waals surface area contributed by atoms with Crippen LogP contribution in [0.3, 0.4) is 0 Å². The Morgan fingerprint density at radius 1 is 0.444 bits per heavy atom. The van der Waals surface area contributed by atoms with Crippen LogP contribution in [0.25, 0.3) is 0 Å². The number of phosphoric acid groups is 1. The van der Waals surface area contributed by atoms with Gasteiger partial charge in [-0.3, -0.25) is 9.05 Å². The Bertz CT molecular complexity index is 457. The monoisotopic (exact) mass is 558 g/mol. The molecule has 0 aromatic heterocycles. The fourth-order valence-corrected chi connectivity index (χ4v) is 5.43. The summed E-state index contributed by atoms with van der Waals surface area (Å²) in [5.74, 6) is 0. The van der Waals surface area contributed by atoms with E-state index in [-0.39, 0.29) is 52.8 Å². The minimum absolute atomic E-state index is 0. The Labute approximate surface area is 270 Å². The van der Waals surface area contributed by atoms with Crippen molar-refractivity contribution >= 4 is 7.82 Å². The minimum atomic E-state index is -3.86. The van der Waals surface area contributed by atoms with Crippen LogP contribution in [0, 0.1) is 0 Å². The molecule has 0 aliphatic heterocycles. The maximum Gasteiger partial charge on any atom is 1.00 e. The predicted molar refractivity (Wildman–Crippen MR) is 154 cm³/mol. The van der Waals surface area contributed by atoms with E-state index in [2.05, 4.69) is 13.8 Å². The number of phosphoric ester groups is 1. The summed E-state index contributed by atoms with van der Waals surface area (Å²) in [5.41, 5.74) is 0. The van der Waals surface area contributed by atoms with Crippen LogP contribution in [0.2, 0.25) is 0 Å². The molecule has 0 rings (SSSR count). The van der Waals surface area contributed by atoms with E-state index in [4.69, 9.17) is 9.05 Å². The van der Waals surface area contributed by atoms with Crippen LogP contribution in [0.5, 0.6) is 0 Å². The SMILES string of the molecule is CCCCCCCCCCCCCCCCCCOP(=O)(O)OCCCCCCCCCCCC.[H-].[K+]. The van der Waals surface area contributed by atoms with Crippen molar-refractivity contribution in [2.75, 3.05) is 13.2 Å². The predicted octanol–water partition coefficient (Wildman–Crippen LogP) is 8.42. The molecule has 0 radical (unpaired) electrons. The Kier molecular flexibility index (Phi) is 36.5. The maximum absolute atomic E-state index is 11.9. The van der Waals surface area contributed by atoms with E-state index >= 15 is 0 Å². The summed E-state index contributed by atoms with van der Waals surface area (Å²) in [5, 5.41) is 0. The average Bonchev–Trinajstić information content (AvgIpc) is 2.84. The molecule has 0 amide bonds. The van der Waals surface area contributed by atoms with E-state index in [0.29, 0.717) is 13.2 Å². The van der Waals surface area contributed by atoms with Crippen molar-refractivity contribution in [1.82, 2.24) is 0 Å². The molecule has 0 fully saturated rings. The Hall–Kier alpha value is 1.75. The molecule has 0 spiro atoms. The van der Waals surface area contributed by atoms with E-state index in [1.165, 1.54) is 141 Å². The summed E-state index contributed by atoms with van der Waals surface area (Å²) < 4.78 is 22.2. The largest absolute Gasteiger partial charge is 1.00 e. The van der Waals surface area contributed by atoms with Crippen LogP contribution < -0.4 is 51.4 Å². The van der Waals surface area contributed by atoms with Gasteiger partial charge in [-0.05, 0) is 12.8 Å². The maximum atomic E-state index is 11.9. The van der Waals surface area contributed by atoms with Gasteiger partial charge >= 0.3 is 59.2 Å². The first kappa shape index (κ1) is 39.9. The Morgan fingerprint density at radius 3 is 0.861 bits per heavy atom. The second kappa shape index (κ2) is 33.0. The molecule has 0 heterocycles. The third kappa shape index (κ3) is 33.8. The number of hydrogen-bond acceptors (Lipinski definition) is 3. The summed E-state index contributed by atoms with van der Waals surface area (Å²) in [6.45, 7) is 5.17. The Balaban J connectivity index is -0.00000578. The average molecular weight is 559 g/mol. The van der Waals surface area contributed by atoms with Crippen LogP contribution in [-0.2, 0) is 13.6 Å². The molecule has 1 unspecified atom stereocenters. The molecule has 1 atom stereocenters. The van der Waals surface area contributed by atoms with Crippen LogP contribution in [-0.4, -0.2) is 18.1 Å². The van der Waals surface area contributed by atoms with Crippen LogP contribution in [0.4, 0.5) is 0 Å². The molecule has 0 saturated carbocycles. The van der Waals surface area contributed by atoms with Gasteiger partial charge in [-0.25, -0.2) is 4.57 Å². The first-order valence-corrected chi connectivity index (χ1v) is 17.2. The van der Waals surface area contributed by atoms with Gasteiger partial charge < -0.3 is 6.32 Å². The molecule has 4 nitrogen and oxygen atoms in total. The van der Waals surface area contributed by atoms with Crippen molar-refractivity contribution in [2.45, 2.75) is 181 Å². The van der Waals surface area contributed by atoms with Gasteiger partial charge in [0.05, 0.1) is 13.2 Å². The third-order valence-electron chi connectivity index (χ3n) is 7.00. The molecule has 0 aliphatic carbocycles. The fraction of sp³-hybridized carbons (Fsp3) is 1.00. The fourth-order valence-electron chi connectivity index (χ4n) is 4.64. The first-order chi connectivity index (χ1) is 17.1. The van der Waals surface area contributed by atoms with Gasteiger partial charge in [-0.15, -0.1) is 0 Å². The van der Waals surface area contributed by atoms with Crippen molar-refractivity contribution in [3.05, 3.63) is 0 Å². The Morgan fingerprint density at radius 2 is 0.639 bits per heavy atom. The van der Waals surface area contributed by atoms with Crippen molar-refractivity contribution in [3.8, 4) is 0 Å². The molecule has 0 saturated heterocycles. The standard InChI is InChI=1S/C30H63O4P.K.H/c1-3-5-7-9-11-13-15-16-17-18-19-20-22-24-26-28-30-34-35(31,32)33-29-27-25-23-21-14-12-10-8-6-4-2;;/h3-30H2,1-2H3,(H,31,32);;/q;+1;-1. The zero-order chi connectivity index (χ0) is 25.7. The van der Waals surface area contributed by atoms with Gasteiger partial charge in [0.15, 0.2) is 0 Å². The molecule has 0 aromatic rings. The van der Waals surface area contributed by atoms with E-state index < -0.39 is 7.82 Å². The van der Waals surface area contributed by atoms with E-state index in [0.717, 1.165) is 25.7 Å². The van der Waals surface area contributed by atoms with E-state index in [9.17, 15) is 9.46 Å². The quantitative estimate of drug-likeness (QED) is 0.0546. The molecule has 0 aromatic carbocycles. The smallest absolute Gasteiger partial charge is 1.00 e. The summed E-state index contributed by atoms with van der Waals surface area (Å²) in [6, 6.07) is 0. The van der Waals surface area contributed by atoms with Gasteiger partial charge in [-0.2, -0.15) is 0 Å². The molecule has 36 heavy (non-hydrogen) atoms. The van der Waals surface area contributed by atoms with E-state index in [1.54, 1.807) is 0 Å². The summed E-state index contributed by atoms with van der Waals surface area (Å²) in [4.78, 5) is 9.79. The van der Waals surface area contributed by atoms with Gasteiger partial charge in [0.1, 0.15) is 0 Å². The molecule has 0 aliphatic rings. The molecular weight excluding hydrogens is 494 g/mol. The molecular formula is C30H64KO4P. The number of hydrogen-bond donors (Lipinski definition) is 1. The van der Waals surface area contributed by atoms with Crippen molar-refractivity contribution in [2.24, 2.45) is 0 Å². The second-order valence-electron chi connectivity index (χ2n) is 10.6. The molecule has 1 N–H and O–H groups in total. The van der Waals surface area contributed by atoms with Gasteiger partial charge in [0.2, 0.25) is 0 Å². The number of rotatable bonds is 30. The van der Waals surface area contributed by atoms with Gasteiger partial charge in [0.25, 0.3) is 0 Å². The van der Waals surface area contributed by atoms with Gasteiger partial charge in [0, 0.05) is 0 Å². The van der Waals surface area contributed by atoms with Crippen molar-refractivity contribution < 1.29 is 71.3 Å². The number of unbranched alkanes of at least 4 members (excludes halogenated alkanes) is 24. The van der Waals surface area contributed by atoms with Crippen molar-refractivity contribution in [3.63, 3.8) is 0 Å². The topological polar surface area (TPSA) is 55.8 Å². The third-order valence-corrected chi connectivity index (χ3v) is 8.02. The molecule has 6 heteroatoms. The molecule has 0 bridgehead atoms. The van der Waals surface area contributed by atoms with Crippen LogP contribution >= 0.6 is 7.82 Å². The van der Waals surface area contributed by atoms with Gasteiger partial charge in [-0.1, -0.05) is 168 Å². The van der Waals surface area contributed by atoms with Crippen LogP contribution in [0.1, 0.15) is 182 Å². The zero-order valence-corrected chi connectivity index (χ0v) is 28.9. The molecule has 214 valence electrons. The zero-order valence-electron chi connectivity index (χ0n) is 25.9.